The van der Waals surface area contributed by atoms with Gasteiger partial charge < -0.3 is 9.52 Å². The Morgan fingerprint density at radius 3 is 2.88 bits per heavy atom. The van der Waals surface area contributed by atoms with Crippen LogP contribution in [-0.4, -0.2) is 16.1 Å². The minimum absolute atomic E-state index is 0.204. The highest BCUT2D eigenvalue weighted by Crippen LogP contribution is 2.23. The Hall–Kier alpha value is -2.17. The van der Waals surface area contributed by atoms with Crippen LogP contribution in [-0.2, 0) is 0 Å². The first-order valence-corrected chi connectivity index (χ1v) is 4.53. The standard InChI is InChI=1S/C11H8FNO3/c1-6-4-7(2-3-8(6)12)9-10(11(14)15)16-5-13-9/h2-5H,1H3,(H,14,15). The molecule has 2 aromatic rings. The monoisotopic (exact) mass is 221 g/mol. The van der Waals surface area contributed by atoms with E-state index in [0.29, 0.717) is 11.1 Å². The van der Waals surface area contributed by atoms with Crippen molar-refractivity contribution in [2.45, 2.75) is 6.92 Å². The summed E-state index contributed by atoms with van der Waals surface area (Å²) in [5.41, 5.74) is 1.15. The average Bonchev–Trinajstić information content (AvgIpc) is 2.71. The smallest absolute Gasteiger partial charge is 0.374 e. The minimum atomic E-state index is -1.20. The topological polar surface area (TPSA) is 63.3 Å². The van der Waals surface area contributed by atoms with Gasteiger partial charge in [-0.05, 0) is 30.7 Å². The molecular formula is C11H8FNO3. The van der Waals surface area contributed by atoms with Crippen LogP contribution in [0.5, 0.6) is 0 Å². The van der Waals surface area contributed by atoms with E-state index >= 15 is 0 Å². The molecule has 2 rings (SSSR count). The van der Waals surface area contributed by atoms with Gasteiger partial charge in [-0.15, -0.1) is 0 Å². The molecular weight excluding hydrogens is 213 g/mol. The largest absolute Gasteiger partial charge is 0.475 e. The number of halogens is 1. The third-order valence-electron chi connectivity index (χ3n) is 2.19. The van der Waals surface area contributed by atoms with Gasteiger partial charge >= 0.3 is 5.97 Å². The first kappa shape index (κ1) is 10.4. The molecule has 0 aliphatic carbocycles. The number of carbonyl (C=O) groups is 1. The van der Waals surface area contributed by atoms with E-state index in [2.05, 4.69) is 4.98 Å². The summed E-state index contributed by atoms with van der Waals surface area (Å²) in [6.45, 7) is 1.60. The van der Waals surface area contributed by atoms with Crippen LogP contribution in [0.25, 0.3) is 11.3 Å². The summed E-state index contributed by atoms with van der Waals surface area (Å²) in [5.74, 6) is -1.79. The van der Waals surface area contributed by atoms with Crippen molar-refractivity contribution >= 4 is 5.97 Å². The highest BCUT2D eigenvalue weighted by Gasteiger charge is 2.17. The van der Waals surface area contributed by atoms with Crippen LogP contribution in [0.2, 0.25) is 0 Å². The predicted molar refractivity (Wildman–Crippen MR) is 53.6 cm³/mol. The highest BCUT2D eigenvalue weighted by atomic mass is 19.1. The normalized spacial score (nSPS) is 10.4. The molecule has 0 saturated carbocycles. The second-order valence-electron chi connectivity index (χ2n) is 3.30. The van der Waals surface area contributed by atoms with E-state index in [1.54, 1.807) is 6.92 Å². The van der Waals surface area contributed by atoms with Crippen LogP contribution in [0.3, 0.4) is 0 Å². The maximum atomic E-state index is 13.0. The third kappa shape index (κ3) is 1.67. The van der Waals surface area contributed by atoms with E-state index < -0.39 is 5.97 Å². The molecule has 1 aromatic heterocycles. The SMILES string of the molecule is Cc1cc(-c2ncoc2C(=O)O)ccc1F. The maximum Gasteiger partial charge on any atom is 0.374 e. The Morgan fingerprint density at radius 2 is 2.25 bits per heavy atom. The summed E-state index contributed by atoms with van der Waals surface area (Å²) >= 11 is 0. The molecule has 82 valence electrons. The Balaban J connectivity index is 2.54. The van der Waals surface area contributed by atoms with E-state index in [1.807, 2.05) is 0 Å². The number of aromatic carboxylic acids is 1. The van der Waals surface area contributed by atoms with Crippen LogP contribution in [0, 0.1) is 12.7 Å². The zero-order valence-corrected chi connectivity index (χ0v) is 8.40. The van der Waals surface area contributed by atoms with Gasteiger partial charge in [-0.1, -0.05) is 0 Å². The minimum Gasteiger partial charge on any atom is -0.475 e. The summed E-state index contributed by atoms with van der Waals surface area (Å²) < 4.78 is 17.8. The van der Waals surface area contributed by atoms with E-state index in [1.165, 1.54) is 18.2 Å². The van der Waals surface area contributed by atoms with E-state index in [9.17, 15) is 9.18 Å². The lowest BCUT2D eigenvalue weighted by Crippen LogP contribution is -1.97. The quantitative estimate of drug-likeness (QED) is 0.846. The number of hydrogen-bond donors (Lipinski definition) is 1. The van der Waals surface area contributed by atoms with Gasteiger partial charge in [-0.3, -0.25) is 0 Å². The molecule has 0 aliphatic heterocycles. The van der Waals surface area contributed by atoms with E-state index in [4.69, 9.17) is 9.52 Å². The van der Waals surface area contributed by atoms with Crippen LogP contribution < -0.4 is 0 Å². The predicted octanol–water partition coefficient (Wildman–Crippen LogP) is 2.49. The first-order valence-electron chi connectivity index (χ1n) is 4.53. The van der Waals surface area contributed by atoms with Crippen molar-refractivity contribution in [1.82, 2.24) is 4.98 Å². The average molecular weight is 221 g/mol. The van der Waals surface area contributed by atoms with Gasteiger partial charge in [0.2, 0.25) is 5.76 Å². The van der Waals surface area contributed by atoms with Crippen LogP contribution in [0.1, 0.15) is 16.1 Å². The number of benzene rings is 1. The summed E-state index contributed by atoms with van der Waals surface area (Å²) in [4.78, 5) is 14.6. The number of oxazole rings is 1. The number of hydrogen-bond acceptors (Lipinski definition) is 3. The summed E-state index contributed by atoms with van der Waals surface area (Å²) in [6.07, 6.45) is 1.05. The molecule has 0 bridgehead atoms. The molecule has 4 nitrogen and oxygen atoms in total. The Kier molecular flexibility index (Phi) is 2.44. The van der Waals surface area contributed by atoms with Gasteiger partial charge in [0.15, 0.2) is 6.39 Å². The molecule has 0 atom stereocenters. The van der Waals surface area contributed by atoms with Crippen molar-refractivity contribution in [3.63, 3.8) is 0 Å². The summed E-state index contributed by atoms with van der Waals surface area (Å²) in [7, 11) is 0. The van der Waals surface area contributed by atoms with Gasteiger partial charge in [0.1, 0.15) is 11.5 Å². The molecule has 16 heavy (non-hydrogen) atoms. The number of carboxylic acids is 1. The molecule has 1 aromatic carbocycles. The molecule has 0 aliphatic rings. The Bertz CT molecular complexity index is 548. The van der Waals surface area contributed by atoms with Crippen LogP contribution >= 0.6 is 0 Å². The number of carboxylic acid groups (broad SMARTS) is 1. The molecule has 0 radical (unpaired) electrons. The van der Waals surface area contributed by atoms with E-state index in [-0.39, 0.29) is 17.3 Å². The van der Waals surface area contributed by atoms with Crippen molar-refractivity contribution in [3.05, 3.63) is 41.7 Å². The van der Waals surface area contributed by atoms with Gasteiger partial charge in [0.05, 0.1) is 0 Å². The van der Waals surface area contributed by atoms with Gasteiger partial charge in [-0.25, -0.2) is 14.2 Å². The number of aryl methyl sites for hydroxylation is 1. The fourth-order valence-corrected chi connectivity index (χ4v) is 1.40. The van der Waals surface area contributed by atoms with Crippen molar-refractivity contribution < 1.29 is 18.7 Å². The molecule has 0 saturated heterocycles. The molecule has 1 N–H and O–H groups in total. The van der Waals surface area contributed by atoms with Crippen molar-refractivity contribution in [2.75, 3.05) is 0 Å². The lowest BCUT2D eigenvalue weighted by Gasteiger charge is -2.00. The van der Waals surface area contributed by atoms with Crippen LogP contribution in [0.15, 0.2) is 29.0 Å². The van der Waals surface area contributed by atoms with Crippen LogP contribution in [0.4, 0.5) is 4.39 Å². The Morgan fingerprint density at radius 1 is 1.50 bits per heavy atom. The van der Waals surface area contributed by atoms with E-state index in [0.717, 1.165) is 6.39 Å². The van der Waals surface area contributed by atoms with Crippen molar-refractivity contribution in [2.24, 2.45) is 0 Å². The number of rotatable bonds is 2. The molecule has 0 spiro atoms. The fraction of sp³-hybridized carbons (Fsp3) is 0.0909. The van der Waals surface area contributed by atoms with Gasteiger partial charge in [-0.2, -0.15) is 0 Å². The molecule has 1 heterocycles. The van der Waals surface area contributed by atoms with Gasteiger partial charge in [0, 0.05) is 5.56 Å². The maximum absolute atomic E-state index is 13.0. The molecule has 0 unspecified atom stereocenters. The van der Waals surface area contributed by atoms with Crippen molar-refractivity contribution in [3.8, 4) is 11.3 Å². The first-order chi connectivity index (χ1) is 7.59. The van der Waals surface area contributed by atoms with Gasteiger partial charge in [0.25, 0.3) is 0 Å². The lowest BCUT2D eigenvalue weighted by atomic mass is 10.1. The highest BCUT2D eigenvalue weighted by molar-refractivity contribution is 5.91. The van der Waals surface area contributed by atoms with Crippen molar-refractivity contribution in [1.29, 1.82) is 0 Å². The fourth-order valence-electron chi connectivity index (χ4n) is 1.40. The third-order valence-corrected chi connectivity index (χ3v) is 2.19. The lowest BCUT2D eigenvalue weighted by molar-refractivity contribution is 0.0663. The summed E-state index contributed by atoms with van der Waals surface area (Å²) in [5, 5.41) is 8.83. The number of aromatic nitrogens is 1. The summed E-state index contributed by atoms with van der Waals surface area (Å²) in [6, 6.07) is 4.26. The zero-order valence-electron chi connectivity index (χ0n) is 8.40. The second kappa shape index (κ2) is 3.77. The molecule has 5 heteroatoms. The Labute approximate surface area is 90.4 Å². The molecule has 0 amide bonds. The molecule has 0 fully saturated rings. The second-order valence-corrected chi connectivity index (χ2v) is 3.30. The number of nitrogens with zero attached hydrogens (tertiary/aromatic N) is 1. The zero-order chi connectivity index (χ0) is 11.7.